The lowest BCUT2D eigenvalue weighted by Gasteiger charge is -1.98. The Morgan fingerprint density at radius 1 is 1.38 bits per heavy atom. The number of aromatic nitrogens is 1. The Morgan fingerprint density at radius 3 is 2.71 bits per heavy atom. The summed E-state index contributed by atoms with van der Waals surface area (Å²) in [6.07, 6.45) is 3.42. The van der Waals surface area contributed by atoms with Crippen LogP contribution in [0.3, 0.4) is 0 Å². The van der Waals surface area contributed by atoms with Gasteiger partial charge in [0.1, 0.15) is 11.6 Å². The van der Waals surface area contributed by atoms with Gasteiger partial charge >= 0.3 is 5.97 Å². The average Bonchev–Trinajstić information content (AvgIpc) is 3.09. The molecule has 3 aromatic rings. The highest BCUT2D eigenvalue weighted by molar-refractivity contribution is 7.29. The molecule has 0 aliphatic rings. The van der Waals surface area contributed by atoms with Gasteiger partial charge < -0.3 is 9.67 Å². The molecule has 3 heterocycles. The fourth-order valence-electron chi connectivity index (χ4n) is 2.05. The van der Waals surface area contributed by atoms with Gasteiger partial charge in [-0.15, -0.1) is 22.7 Å². The number of carbonyl (C=O) groups is 1. The van der Waals surface area contributed by atoms with Crippen LogP contribution < -0.4 is 0 Å². The van der Waals surface area contributed by atoms with Gasteiger partial charge in [-0.25, -0.2) is 4.79 Å². The number of hydrogen-bond acceptors (Lipinski definition) is 4. The van der Waals surface area contributed by atoms with Gasteiger partial charge in [-0.2, -0.15) is 5.26 Å². The van der Waals surface area contributed by atoms with E-state index in [1.54, 1.807) is 17.4 Å². The van der Waals surface area contributed by atoms with E-state index in [0.29, 0.717) is 0 Å². The Morgan fingerprint density at radius 2 is 2.14 bits per heavy atom. The number of thiophene rings is 2. The first-order valence-corrected chi connectivity index (χ1v) is 7.72. The first-order chi connectivity index (χ1) is 10.1. The van der Waals surface area contributed by atoms with Crippen molar-refractivity contribution in [2.45, 2.75) is 0 Å². The van der Waals surface area contributed by atoms with Crippen molar-refractivity contribution in [3.05, 3.63) is 40.9 Å². The molecule has 104 valence electrons. The summed E-state index contributed by atoms with van der Waals surface area (Å²) in [5.74, 6) is -1.20. The predicted molar refractivity (Wildman–Crippen MR) is 85.3 cm³/mol. The molecule has 0 unspecified atom stereocenters. The first kappa shape index (κ1) is 13.6. The third kappa shape index (κ3) is 2.49. The van der Waals surface area contributed by atoms with E-state index in [9.17, 15) is 4.79 Å². The molecule has 4 nitrogen and oxygen atoms in total. The van der Waals surface area contributed by atoms with Crippen molar-refractivity contribution in [2.24, 2.45) is 7.05 Å². The van der Waals surface area contributed by atoms with Gasteiger partial charge in [-0.05, 0) is 30.3 Å². The third-order valence-corrected chi connectivity index (χ3v) is 5.32. The highest BCUT2D eigenvalue weighted by atomic mass is 32.1. The molecule has 0 amide bonds. The monoisotopic (exact) mass is 314 g/mol. The molecule has 0 aliphatic carbocycles. The largest absolute Gasteiger partial charge is 0.477 e. The number of nitriles is 1. The molecule has 0 aliphatic heterocycles. The van der Waals surface area contributed by atoms with Crippen molar-refractivity contribution in [3.8, 4) is 16.6 Å². The number of carboxylic acid groups (broad SMARTS) is 1. The van der Waals surface area contributed by atoms with Gasteiger partial charge in [0.15, 0.2) is 0 Å². The second-order valence-corrected chi connectivity index (χ2v) is 6.67. The van der Waals surface area contributed by atoms with E-state index in [4.69, 9.17) is 10.4 Å². The molecule has 0 saturated heterocycles. The second kappa shape index (κ2) is 5.20. The molecule has 0 saturated carbocycles. The Hall–Kier alpha value is -2.36. The van der Waals surface area contributed by atoms with Crippen molar-refractivity contribution < 1.29 is 9.90 Å². The highest BCUT2D eigenvalue weighted by Gasteiger charge is 2.11. The minimum Gasteiger partial charge on any atom is -0.477 e. The summed E-state index contributed by atoms with van der Waals surface area (Å²) in [6.45, 7) is 0. The zero-order chi connectivity index (χ0) is 15.0. The van der Waals surface area contributed by atoms with E-state index in [-0.39, 0.29) is 5.57 Å². The molecule has 0 atom stereocenters. The maximum absolute atomic E-state index is 10.8. The smallest absolute Gasteiger partial charge is 0.346 e. The number of hydrogen-bond donors (Lipinski definition) is 1. The molecule has 1 N–H and O–H groups in total. The summed E-state index contributed by atoms with van der Waals surface area (Å²) in [7, 11) is 2.00. The van der Waals surface area contributed by atoms with E-state index in [2.05, 4.69) is 16.7 Å². The number of fused-ring (bicyclic) bond motifs is 1. The quantitative estimate of drug-likeness (QED) is 0.588. The van der Waals surface area contributed by atoms with Crippen LogP contribution in [0, 0.1) is 11.3 Å². The number of rotatable bonds is 3. The van der Waals surface area contributed by atoms with Crippen LogP contribution in [-0.2, 0) is 11.8 Å². The topological polar surface area (TPSA) is 66.0 Å². The summed E-state index contributed by atoms with van der Waals surface area (Å²) in [5, 5.41) is 17.7. The molecule has 21 heavy (non-hydrogen) atoms. The minimum atomic E-state index is -1.20. The molecule has 0 radical (unpaired) electrons. The zero-order valence-corrected chi connectivity index (χ0v) is 12.7. The fraction of sp³-hybridized carbons (Fsp3) is 0.0667. The van der Waals surface area contributed by atoms with Crippen molar-refractivity contribution in [2.75, 3.05) is 0 Å². The van der Waals surface area contributed by atoms with Crippen LogP contribution in [0.4, 0.5) is 0 Å². The molecule has 3 rings (SSSR count). The highest BCUT2D eigenvalue weighted by Crippen LogP contribution is 2.38. The fourth-order valence-corrected chi connectivity index (χ4v) is 4.47. The predicted octanol–water partition coefficient (Wildman–Crippen LogP) is 3.96. The number of nitrogens with zero attached hydrogens (tertiary/aromatic N) is 2. The number of carboxylic acids is 1. The summed E-state index contributed by atoms with van der Waals surface area (Å²) >= 11 is 3.16. The lowest BCUT2D eigenvalue weighted by atomic mass is 10.2. The Balaban J connectivity index is 2.01. The minimum absolute atomic E-state index is 0.244. The third-order valence-electron chi connectivity index (χ3n) is 3.06. The van der Waals surface area contributed by atoms with Gasteiger partial charge in [0.25, 0.3) is 0 Å². The van der Waals surface area contributed by atoms with Crippen LogP contribution in [0.1, 0.15) is 4.88 Å². The zero-order valence-electron chi connectivity index (χ0n) is 11.0. The van der Waals surface area contributed by atoms with Crippen LogP contribution in [-0.4, -0.2) is 15.6 Å². The molecular formula is C15H10N2O2S2. The maximum Gasteiger partial charge on any atom is 0.346 e. The Bertz CT molecular complexity index is 874. The molecule has 0 aromatic carbocycles. The van der Waals surface area contributed by atoms with Crippen LogP contribution in [0.15, 0.2) is 36.0 Å². The molecule has 0 spiro atoms. The van der Waals surface area contributed by atoms with Crippen molar-refractivity contribution >= 4 is 44.1 Å². The molecule has 3 aromatic heterocycles. The van der Waals surface area contributed by atoms with Crippen LogP contribution in [0.5, 0.6) is 0 Å². The lowest BCUT2D eigenvalue weighted by Crippen LogP contribution is -1.96. The lowest BCUT2D eigenvalue weighted by molar-refractivity contribution is -0.132. The van der Waals surface area contributed by atoms with Crippen LogP contribution in [0.2, 0.25) is 0 Å². The molecule has 0 fully saturated rings. The van der Waals surface area contributed by atoms with E-state index >= 15 is 0 Å². The Labute approximate surface area is 128 Å². The number of aryl methyl sites for hydroxylation is 1. The second-order valence-electron chi connectivity index (χ2n) is 4.47. The summed E-state index contributed by atoms with van der Waals surface area (Å²) in [4.78, 5) is 12.8. The van der Waals surface area contributed by atoms with Gasteiger partial charge in [-0.1, -0.05) is 0 Å². The first-order valence-electron chi connectivity index (χ1n) is 6.08. The van der Waals surface area contributed by atoms with E-state index in [0.717, 1.165) is 20.0 Å². The normalized spacial score (nSPS) is 11.7. The standard InChI is InChI=1S/C15H10N2O2S2/c1-17-4-2-3-11(17)12-7-14-13(21-12)6-10(20-14)5-9(8-16)15(18)19/h2-7H,1H3,(H,18,19)/b9-5-. The van der Waals surface area contributed by atoms with Crippen molar-refractivity contribution in [1.29, 1.82) is 5.26 Å². The van der Waals surface area contributed by atoms with Gasteiger partial charge in [0.05, 0.1) is 10.6 Å². The van der Waals surface area contributed by atoms with Gasteiger partial charge in [-0.3, -0.25) is 0 Å². The van der Waals surface area contributed by atoms with E-state index in [1.807, 2.05) is 25.4 Å². The van der Waals surface area contributed by atoms with Crippen molar-refractivity contribution in [1.82, 2.24) is 4.57 Å². The van der Waals surface area contributed by atoms with Gasteiger partial charge in [0.2, 0.25) is 0 Å². The average molecular weight is 314 g/mol. The SMILES string of the molecule is Cn1cccc1-c1cc2sc(/C=C(/C#N)C(=O)O)cc2s1. The van der Waals surface area contributed by atoms with E-state index in [1.165, 1.54) is 22.3 Å². The van der Waals surface area contributed by atoms with Crippen molar-refractivity contribution in [3.63, 3.8) is 0 Å². The van der Waals surface area contributed by atoms with E-state index < -0.39 is 5.97 Å². The van der Waals surface area contributed by atoms with Crippen LogP contribution >= 0.6 is 22.7 Å². The van der Waals surface area contributed by atoms with Gasteiger partial charge in [0, 0.05) is 27.5 Å². The summed E-state index contributed by atoms with van der Waals surface area (Å²) < 4.78 is 4.27. The maximum atomic E-state index is 10.8. The molecular weight excluding hydrogens is 304 g/mol. The summed E-state index contributed by atoms with van der Waals surface area (Å²) in [6, 6.07) is 9.79. The molecule has 6 heteroatoms. The Kier molecular flexibility index (Phi) is 3.37. The van der Waals surface area contributed by atoms with Crippen LogP contribution in [0.25, 0.3) is 26.0 Å². The number of aliphatic carboxylic acids is 1. The summed E-state index contributed by atoms with van der Waals surface area (Å²) in [5.41, 5.74) is 0.912. The molecule has 0 bridgehead atoms.